The second kappa shape index (κ2) is 10.7. The minimum Gasteiger partial charge on any atom is -0.495 e. The van der Waals surface area contributed by atoms with Crippen molar-refractivity contribution in [2.75, 3.05) is 19.5 Å². The second-order valence-corrected chi connectivity index (χ2v) is 8.88. The number of hydrogen-bond donors (Lipinski definition) is 2. The third kappa shape index (κ3) is 5.76. The summed E-state index contributed by atoms with van der Waals surface area (Å²) < 4.78 is 30.0. The first kappa shape index (κ1) is 23.8. The SMILES string of the molecule is COc1ccc(Cl)cc1NC1NC(=O)/C(=C/c2ccc(OCc3cccc(F)c3)c(OC)c2)S1. The van der Waals surface area contributed by atoms with Gasteiger partial charge in [-0.2, -0.15) is 0 Å². The number of amides is 1. The van der Waals surface area contributed by atoms with E-state index in [2.05, 4.69) is 10.6 Å². The van der Waals surface area contributed by atoms with E-state index in [-0.39, 0.29) is 23.8 Å². The molecule has 1 atom stereocenters. The number of ether oxygens (including phenoxy) is 3. The zero-order chi connectivity index (χ0) is 24.1. The topological polar surface area (TPSA) is 68.8 Å². The lowest BCUT2D eigenvalue weighted by molar-refractivity contribution is -0.116. The summed E-state index contributed by atoms with van der Waals surface area (Å²) in [6.45, 7) is 0.202. The number of nitrogens with one attached hydrogen (secondary N) is 2. The number of halogens is 2. The van der Waals surface area contributed by atoms with Crippen LogP contribution in [0.4, 0.5) is 10.1 Å². The van der Waals surface area contributed by atoms with Gasteiger partial charge in [0, 0.05) is 5.02 Å². The first-order valence-electron chi connectivity index (χ1n) is 10.3. The Hall–Kier alpha value is -3.36. The van der Waals surface area contributed by atoms with Gasteiger partial charge in [0.25, 0.3) is 5.91 Å². The third-order valence-corrected chi connectivity index (χ3v) is 6.21. The molecule has 0 aliphatic carbocycles. The maximum Gasteiger partial charge on any atom is 0.260 e. The van der Waals surface area contributed by atoms with Crippen molar-refractivity contribution in [1.29, 1.82) is 0 Å². The van der Waals surface area contributed by atoms with Crippen molar-refractivity contribution in [3.63, 3.8) is 0 Å². The number of hydrogen-bond acceptors (Lipinski definition) is 6. The molecule has 1 fully saturated rings. The highest BCUT2D eigenvalue weighted by atomic mass is 35.5. The summed E-state index contributed by atoms with van der Waals surface area (Å²) in [6.07, 6.45) is 1.77. The van der Waals surface area contributed by atoms with Gasteiger partial charge in [0.1, 0.15) is 18.2 Å². The molecule has 9 heteroatoms. The fourth-order valence-corrected chi connectivity index (χ4v) is 4.48. The fraction of sp³-hybridized carbons (Fsp3) is 0.160. The quantitative estimate of drug-likeness (QED) is 0.388. The number of carbonyl (C=O) groups excluding carboxylic acids is 1. The summed E-state index contributed by atoms with van der Waals surface area (Å²) in [5.41, 5.74) is 1.77. The Kier molecular flexibility index (Phi) is 7.49. The zero-order valence-corrected chi connectivity index (χ0v) is 20.0. The van der Waals surface area contributed by atoms with Crippen molar-refractivity contribution in [3.8, 4) is 17.2 Å². The van der Waals surface area contributed by atoms with Gasteiger partial charge >= 0.3 is 0 Å². The Morgan fingerprint density at radius 1 is 1.06 bits per heavy atom. The number of rotatable bonds is 8. The summed E-state index contributed by atoms with van der Waals surface area (Å²) in [5.74, 6) is 1.13. The predicted octanol–water partition coefficient (Wildman–Crippen LogP) is 5.67. The van der Waals surface area contributed by atoms with Gasteiger partial charge < -0.3 is 24.8 Å². The standard InChI is InChI=1S/C25H22ClFN2O4S/c1-31-20-9-7-17(26)13-19(20)28-25-29-24(30)23(34-25)12-15-6-8-21(22(11-15)32-2)33-14-16-4-3-5-18(27)10-16/h3-13,25,28H,14H2,1-2H3,(H,29,30)/b23-12-. The molecule has 0 saturated carbocycles. The highest BCUT2D eigenvalue weighted by Crippen LogP contribution is 2.35. The number of methoxy groups -OCH3 is 2. The van der Waals surface area contributed by atoms with Crippen molar-refractivity contribution >= 4 is 41.0 Å². The van der Waals surface area contributed by atoms with Crippen molar-refractivity contribution < 1.29 is 23.4 Å². The minimum atomic E-state index is -0.387. The molecule has 0 aromatic heterocycles. The van der Waals surface area contributed by atoms with Gasteiger partial charge in [-0.1, -0.05) is 41.6 Å². The van der Waals surface area contributed by atoms with Crippen LogP contribution in [0, 0.1) is 5.82 Å². The second-order valence-electron chi connectivity index (χ2n) is 7.30. The molecular formula is C25H22ClFN2O4S. The molecule has 1 aliphatic heterocycles. The maximum atomic E-state index is 13.4. The van der Waals surface area contributed by atoms with Crippen LogP contribution in [0.3, 0.4) is 0 Å². The van der Waals surface area contributed by atoms with Crippen LogP contribution in [0.1, 0.15) is 11.1 Å². The molecule has 4 rings (SSSR count). The van der Waals surface area contributed by atoms with Gasteiger partial charge in [0.05, 0.1) is 24.8 Å². The fourth-order valence-electron chi connectivity index (χ4n) is 3.33. The first-order valence-corrected chi connectivity index (χ1v) is 11.6. The van der Waals surface area contributed by atoms with E-state index in [1.165, 1.54) is 31.0 Å². The van der Waals surface area contributed by atoms with Crippen LogP contribution >= 0.6 is 23.4 Å². The van der Waals surface area contributed by atoms with Gasteiger partial charge in [-0.15, -0.1) is 0 Å². The van der Waals surface area contributed by atoms with Crippen molar-refractivity contribution in [1.82, 2.24) is 5.32 Å². The first-order chi connectivity index (χ1) is 16.4. The van der Waals surface area contributed by atoms with Crippen LogP contribution in [0.15, 0.2) is 65.6 Å². The van der Waals surface area contributed by atoms with Crippen LogP contribution in [0.25, 0.3) is 6.08 Å². The molecule has 34 heavy (non-hydrogen) atoms. The molecule has 1 heterocycles. The lowest BCUT2D eigenvalue weighted by Crippen LogP contribution is -2.31. The summed E-state index contributed by atoms with van der Waals surface area (Å²) >= 11 is 7.43. The van der Waals surface area contributed by atoms with E-state index in [1.807, 2.05) is 6.07 Å². The molecule has 176 valence electrons. The van der Waals surface area contributed by atoms with Crippen LogP contribution in [0.2, 0.25) is 5.02 Å². The summed E-state index contributed by atoms with van der Waals surface area (Å²) in [7, 11) is 3.11. The van der Waals surface area contributed by atoms with Gasteiger partial charge in [0.2, 0.25) is 0 Å². The molecule has 1 saturated heterocycles. The van der Waals surface area contributed by atoms with E-state index >= 15 is 0 Å². The van der Waals surface area contributed by atoms with Crippen molar-refractivity contribution in [2.24, 2.45) is 0 Å². The lowest BCUT2D eigenvalue weighted by Gasteiger charge is -2.15. The van der Waals surface area contributed by atoms with Gasteiger partial charge in [-0.25, -0.2) is 4.39 Å². The highest BCUT2D eigenvalue weighted by molar-refractivity contribution is 8.05. The highest BCUT2D eigenvalue weighted by Gasteiger charge is 2.28. The molecule has 1 unspecified atom stereocenters. The Balaban J connectivity index is 1.46. The van der Waals surface area contributed by atoms with Crippen molar-refractivity contribution in [2.45, 2.75) is 12.1 Å². The number of thioether (sulfide) groups is 1. The Bertz CT molecular complexity index is 1240. The van der Waals surface area contributed by atoms with E-state index in [9.17, 15) is 9.18 Å². The molecule has 1 amide bonds. The molecular weight excluding hydrogens is 479 g/mol. The number of benzene rings is 3. The lowest BCUT2D eigenvalue weighted by atomic mass is 10.2. The third-order valence-electron chi connectivity index (χ3n) is 4.95. The monoisotopic (exact) mass is 500 g/mol. The average molecular weight is 501 g/mol. The largest absolute Gasteiger partial charge is 0.495 e. The van der Waals surface area contributed by atoms with E-state index in [0.29, 0.717) is 38.4 Å². The van der Waals surface area contributed by atoms with E-state index < -0.39 is 0 Å². The molecule has 0 radical (unpaired) electrons. The van der Waals surface area contributed by atoms with E-state index in [0.717, 1.165) is 5.56 Å². The molecule has 0 spiro atoms. The van der Waals surface area contributed by atoms with Crippen LogP contribution < -0.4 is 24.8 Å². The zero-order valence-electron chi connectivity index (χ0n) is 18.4. The predicted molar refractivity (Wildman–Crippen MR) is 133 cm³/mol. The van der Waals surface area contributed by atoms with Gasteiger partial charge in [-0.3, -0.25) is 4.79 Å². The molecule has 3 aromatic rings. The minimum absolute atomic E-state index is 0.200. The van der Waals surface area contributed by atoms with Crippen LogP contribution in [-0.2, 0) is 11.4 Å². The molecule has 3 aromatic carbocycles. The van der Waals surface area contributed by atoms with E-state index in [1.54, 1.807) is 55.7 Å². The van der Waals surface area contributed by atoms with Gasteiger partial charge in [0.15, 0.2) is 17.0 Å². The summed E-state index contributed by atoms with van der Waals surface area (Å²) in [6, 6.07) is 16.8. The Morgan fingerprint density at radius 2 is 1.85 bits per heavy atom. The number of anilines is 1. The van der Waals surface area contributed by atoms with E-state index in [4.69, 9.17) is 25.8 Å². The Labute approximate surface area is 206 Å². The maximum absolute atomic E-state index is 13.4. The molecule has 2 N–H and O–H groups in total. The summed E-state index contributed by atoms with van der Waals surface area (Å²) in [5, 5.41) is 6.67. The molecule has 0 bridgehead atoms. The average Bonchev–Trinajstić information content (AvgIpc) is 3.16. The molecule has 6 nitrogen and oxygen atoms in total. The van der Waals surface area contributed by atoms with Crippen molar-refractivity contribution in [3.05, 3.63) is 87.5 Å². The Morgan fingerprint density at radius 3 is 2.62 bits per heavy atom. The molecule has 1 aliphatic rings. The summed E-state index contributed by atoms with van der Waals surface area (Å²) in [4.78, 5) is 13.1. The van der Waals surface area contributed by atoms with Gasteiger partial charge in [-0.05, 0) is 59.7 Å². The number of carbonyl (C=O) groups is 1. The van der Waals surface area contributed by atoms with Crippen LogP contribution in [0.5, 0.6) is 17.2 Å². The normalized spacial score (nSPS) is 16.3. The smallest absolute Gasteiger partial charge is 0.260 e. The van der Waals surface area contributed by atoms with Crippen LogP contribution in [-0.4, -0.2) is 25.6 Å².